The van der Waals surface area contributed by atoms with Crippen molar-refractivity contribution in [3.8, 4) is 5.75 Å². The van der Waals surface area contributed by atoms with Crippen molar-refractivity contribution in [2.24, 2.45) is 5.84 Å². The summed E-state index contributed by atoms with van der Waals surface area (Å²) in [4.78, 5) is 2.09. The van der Waals surface area contributed by atoms with Gasteiger partial charge in [-0.2, -0.15) is 0 Å². The minimum absolute atomic E-state index is 0.0694. The lowest BCUT2D eigenvalue weighted by molar-refractivity contribution is 0.235. The molecule has 3 N–H and O–H groups in total. The first-order valence-corrected chi connectivity index (χ1v) is 5.91. The first-order valence-electron chi connectivity index (χ1n) is 5.91. The van der Waals surface area contributed by atoms with E-state index >= 15 is 0 Å². The lowest BCUT2D eigenvalue weighted by Gasteiger charge is -2.23. The summed E-state index contributed by atoms with van der Waals surface area (Å²) in [6.45, 7) is 4.87. The van der Waals surface area contributed by atoms with Crippen LogP contribution in [0.4, 0.5) is 0 Å². The highest BCUT2D eigenvalue weighted by atomic mass is 16.5. The molecule has 0 amide bonds. The molecule has 0 bridgehead atoms. The number of nitrogens with zero attached hydrogens (tertiary/aromatic N) is 1. The van der Waals surface area contributed by atoms with Gasteiger partial charge >= 0.3 is 0 Å². The molecule has 1 rings (SSSR count). The van der Waals surface area contributed by atoms with Gasteiger partial charge in [-0.05, 0) is 34.0 Å². The van der Waals surface area contributed by atoms with E-state index in [1.54, 1.807) is 0 Å². The summed E-state index contributed by atoms with van der Waals surface area (Å²) >= 11 is 0. The number of hydrazine groups is 1. The van der Waals surface area contributed by atoms with Gasteiger partial charge in [-0.25, -0.2) is 0 Å². The van der Waals surface area contributed by atoms with Crippen LogP contribution in [0.3, 0.4) is 0 Å². The highest BCUT2D eigenvalue weighted by molar-refractivity contribution is 5.36. The molecule has 0 spiro atoms. The molecule has 0 aliphatic rings. The highest BCUT2D eigenvalue weighted by Gasteiger charge is 2.15. The number of nitrogens with one attached hydrogen (secondary N) is 1. The van der Waals surface area contributed by atoms with E-state index in [0.717, 1.165) is 17.9 Å². The summed E-state index contributed by atoms with van der Waals surface area (Å²) in [7, 11) is 4.05. The fourth-order valence-electron chi connectivity index (χ4n) is 1.74. The predicted octanol–water partition coefficient (Wildman–Crippen LogP) is 1.54. The van der Waals surface area contributed by atoms with Gasteiger partial charge in [0.2, 0.25) is 0 Å². The van der Waals surface area contributed by atoms with Crippen LogP contribution in [0.1, 0.15) is 25.5 Å². The Bertz CT molecular complexity index is 339. The van der Waals surface area contributed by atoms with Crippen molar-refractivity contribution < 1.29 is 4.74 Å². The van der Waals surface area contributed by atoms with Gasteiger partial charge in [-0.15, -0.1) is 0 Å². The predicted molar refractivity (Wildman–Crippen MR) is 70.8 cm³/mol. The molecule has 1 aromatic rings. The molecule has 0 saturated carbocycles. The number of likely N-dealkylation sites (N-methyl/N-ethyl adjacent to an activating group) is 1. The van der Waals surface area contributed by atoms with Crippen LogP contribution < -0.4 is 16.0 Å². The maximum absolute atomic E-state index is 5.80. The van der Waals surface area contributed by atoms with Crippen LogP contribution >= 0.6 is 0 Å². The van der Waals surface area contributed by atoms with Crippen LogP contribution in [0.15, 0.2) is 24.3 Å². The first-order chi connectivity index (χ1) is 8.04. The number of hydrogen-bond donors (Lipinski definition) is 2. The summed E-state index contributed by atoms with van der Waals surface area (Å²) in [6, 6.07) is 8.08. The topological polar surface area (TPSA) is 50.5 Å². The van der Waals surface area contributed by atoms with E-state index in [9.17, 15) is 0 Å². The molecule has 0 aliphatic carbocycles. The van der Waals surface area contributed by atoms with Gasteiger partial charge in [0.25, 0.3) is 0 Å². The lowest BCUT2D eigenvalue weighted by atomic mass is 10.1. The Morgan fingerprint density at radius 2 is 1.94 bits per heavy atom. The monoisotopic (exact) mass is 237 g/mol. The number of para-hydroxylation sites is 1. The summed E-state index contributed by atoms with van der Waals surface area (Å²) in [6.07, 6.45) is 0.161. The second-order valence-electron chi connectivity index (χ2n) is 4.69. The molecule has 0 saturated heterocycles. The second kappa shape index (κ2) is 6.59. The smallest absolute Gasteiger partial charge is 0.124 e. The van der Waals surface area contributed by atoms with Gasteiger partial charge in [-0.1, -0.05) is 18.2 Å². The molecule has 1 atom stereocenters. The molecular formula is C13H23N3O. The molecule has 4 nitrogen and oxygen atoms in total. The standard InChI is InChI=1S/C13H23N3O/c1-10(2)17-13-8-6-5-7-11(13)12(15-14)9-16(3)4/h5-8,10,12,15H,9,14H2,1-4H3. The molecule has 0 heterocycles. The van der Waals surface area contributed by atoms with E-state index in [2.05, 4.69) is 10.3 Å². The molecule has 0 aromatic heterocycles. The average molecular weight is 237 g/mol. The van der Waals surface area contributed by atoms with E-state index < -0.39 is 0 Å². The van der Waals surface area contributed by atoms with Gasteiger partial charge in [0.1, 0.15) is 5.75 Å². The van der Waals surface area contributed by atoms with Crippen molar-refractivity contribution in [3.63, 3.8) is 0 Å². The molecular weight excluding hydrogens is 214 g/mol. The Balaban J connectivity index is 2.93. The number of nitrogens with two attached hydrogens (primary N) is 1. The van der Waals surface area contributed by atoms with E-state index in [1.165, 1.54) is 0 Å². The van der Waals surface area contributed by atoms with Gasteiger partial charge < -0.3 is 9.64 Å². The van der Waals surface area contributed by atoms with Crippen LogP contribution in [0.5, 0.6) is 5.75 Å². The van der Waals surface area contributed by atoms with Crippen LogP contribution in [-0.4, -0.2) is 31.6 Å². The zero-order valence-corrected chi connectivity index (χ0v) is 11.1. The van der Waals surface area contributed by atoms with Crippen molar-refractivity contribution in [1.29, 1.82) is 0 Å². The Hall–Kier alpha value is -1.10. The minimum Gasteiger partial charge on any atom is -0.491 e. The van der Waals surface area contributed by atoms with Crippen molar-refractivity contribution in [3.05, 3.63) is 29.8 Å². The van der Waals surface area contributed by atoms with Crippen molar-refractivity contribution in [2.75, 3.05) is 20.6 Å². The fourth-order valence-corrected chi connectivity index (χ4v) is 1.74. The molecule has 4 heteroatoms. The van der Waals surface area contributed by atoms with Crippen LogP contribution in [0.25, 0.3) is 0 Å². The third-order valence-corrected chi connectivity index (χ3v) is 2.41. The maximum atomic E-state index is 5.80. The van der Waals surface area contributed by atoms with Gasteiger partial charge in [0.05, 0.1) is 12.1 Å². The third-order valence-electron chi connectivity index (χ3n) is 2.41. The third kappa shape index (κ3) is 4.34. The molecule has 1 unspecified atom stereocenters. The number of hydrogen-bond acceptors (Lipinski definition) is 4. The Morgan fingerprint density at radius 1 is 1.29 bits per heavy atom. The summed E-state index contributed by atoms with van der Waals surface area (Å²) in [5.74, 6) is 6.52. The quantitative estimate of drug-likeness (QED) is 0.582. The van der Waals surface area contributed by atoms with Crippen LogP contribution in [-0.2, 0) is 0 Å². The minimum atomic E-state index is 0.0694. The highest BCUT2D eigenvalue weighted by Crippen LogP contribution is 2.25. The number of ether oxygens (including phenoxy) is 1. The van der Waals surface area contributed by atoms with Crippen LogP contribution in [0, 0.1) is 0 Å². The van der Waals surface area contributed by atoms with E-state index in [1.807, 2.05) is 52.2 Å². The van der Waals surface area contributed by atoms with Crippen molar-refractivity contribution >= 4 is 0 Å². The Labute approximate surface area is 104 Å². The van der Waals surface area contributed by atoms with E-state index in [4.69, 9.17) is 10.6 Å². The zero-order chi connectivity index (χ0) is 12.8. The zero-order valence-electron chi connectivity index (χ0n) is 11.1. The first kappa shape index (κ1) is 14.0. The van der Waals surface area contributed by atoms with Crippen molar-refractivity contribution in [1.82, 2.24) is 10.3 Å². The molecule has 1 aromatic carbocycles. The lowest BCUT2D eigenvalue weighted by Crippen LogP contribution is -2.35. The van der Waals surface area contributed by atoms with Gasteiger partial charge in [0, 0.05) is 12.1 Å². The molecule has 17 heavy (non-hydrogen) atoms. The molecule has 0 aliphatic heterocycles. The molecule has 96 valence electrons. The summed E-state index contributed by atoms with van der Waals surface area (Å²) in [5, 5.41) is 0. The second-order valence-corrected chi connectivity index (χ2v) is 4.69. The maximum Gasteiger partial charge on any atom is 0.124 e. The number of rotatable bonds is 6. The Morgan fingerprint density at radius 3 is 2.47 bits per heavy atom. The molecule has 0 fully saturated rings. The fraction of sp³-hybridized carbons (Fsp3) is 0.538. The van der Waals surface area contributed by atoms with Gasteiger partial charge in [-0.3, -0.25) is 11.3 Å². The van der Waals surface area contributed by atoms with Crippen LogP contribution in [0.2, 0.25) is 0 Å². The molecule has 0 radical (unpaired) electrons. The normalized spacial score (nSPS) is 13.1. The largest absolute Gasteiger partial charge is 0.491 e. The van der Waals surface area contributed by atoms with Gasteiger partial charge in [0.15, 0.2) is 0 Å². The summed E-state index contributed by atoms with van der Waals surface area (Å²) < 4.78 is 5.80. The Kier molecular flexibility index (Phi) is 5.41. The van der Waals surface area contributed by atoms with E-state index in [-0.39, 0.29) is 12.1 Å². The van der Waals surface area contributed by atoms with Crippen molar-refractivity contribution in [2.45, 2.75) is 26.0 Å². The summed E-state index contributed by atoms with van der Waals surface area (Å²) in [5.41, 5.74) is 3.94. The number of benzene rings is 1. The SMILES string of the molecule is CC(C)Oc1ccccc1C(CN(C)C)NN. The average Bonchev–Trinajstić information content (AvgIpc) is 2.26. The van der Waals surface area contributed by atoms with E-state index in [0.29, 0.717) is 0 Å².